The molecule has 100 valence electrons. The van der Waals surface area contributed by atoms with Crippen molar-refractivity contribution < 1.29 is 4.74 Å². The molecule has 0 saturated carbocycles. The summed E-state index contributed by atoms with van der Waals surface area (Å²) in [5.41, 5.74) is 6.38. The first kappa shape index (κ1) is 12.9. The minimum absolute atomic E-state index is 0.0815. The van der Waals surface area contributed by atoms with Gasteiger partial charge in [0.05, 0.1) is 12.6 Å². The van der Waals surface area contributed by atoms with Crippen molar-refractivity contribution >= 4 is 22.9 Å². The molecule has 0 aliphatic carbocycles. The third kappa shape index (κ3) is 2.62. The Labute approximate surface area is 121 Å². The Morgan fingerprint density at radius 2 is 2.37 bits per heavy atom. The van der Waals surface area contributed by atoms with Gasteiger partial charge in [0.25, 0.3) is 0 Å². The molecular formula is C14H15ClN2OS. The average molecular weight is 295 g/mol. The molecule has 1 aromatic carbocycles. The first-order chi connectivity index (χ1) is 9.28. The van der Waals surface area contributed by atoms with E-state index < -0.39 is 0 Å². The van der Waals surface area contributed by atoms with Crippen molar-refractivity contribution in [2.24, 2.45) is 5.84 Å². The lowest BCUT2D eigenvalue weighted by molar-refractivity contribution is 0.351. The number of halogens is 1. The van der Waals surface area contributed by atoms with E-state index in [4.69, 9.17) is 22.2 Å². The lowest BCUT2D eigenvalue weighted by atomic mass is 9.99. The zero-order chi connectivity index (χ0) is 13.2. The molecule has 3 rings (SSSR count). The van der Waals surface area contributed by atoms with Gasteiger partial charge in [-0.3, -0.25) is 11.3 Å². The van der Waals surface area contributed by atoms with Crippen LogP contribution in [0.3, 0.4) is 0 Å². The van der Waals surface area contributed by atoms with E-state index in [0.717, 1.165) is 35.8 Å². The zero-order valence-electron chi connectivity index (χ0n) is 10.4. The fourth-order valence-electron chi connectivity index (χ4n) is 2.46. The van der Waals surface area contributed by atoms with Gasteiger partial charge in [0.1, 0.15) is 5.75 Å². The van der Waals surface area contributed by atoms with Crippen molar-refractivity contribution in [2.45, 2.75) is 18.9 Å². The van der Waals surface area contributed by atoms with Gasteiger partial charge in [0.15, 0.2) is 0 Å². The fourth-order valence-corrected chi connectivity index (χ4v) is 3.44. The zero-order valence-corrected chi connectivity index (χ0v) is 11.9. The van der Waals surface area contributed by atoms with Crippen LogP contribution in [0, 0.1) is 0 Å². The molecular weight excluding hydrogens is 280 g/mol. The fraction of sp³-hybridized carbons (Fsp3) is 0.286. The number of rotatable bonds is 4. The summed E-state index contributed by atoms with van der Waals surface area (Å²) in [7, 11) is 0. The van der Waals surface area contributed by atoms with Gasteiger partial charge >= 0.3 is 0 Å². The first-order valence-corrected chi connectivity index (χ1v) is 7.52. The number of benzene rings is 1. The highest BCUT2D eigenvalue weighted by molar-refractivity contribution is 7.07. The van der Waals surface area contributed by atoms with Gasteiger partial charge in [-0.15, -0.1) is 0 Å². The summed E-state index contributed by atoms with van der Waals surface area (Å²) in [6, 6.07) is 6.13. The van der Waals surface area contributed by atoms with E-state index in [1.807, 2.05) is 12.1 Å². The third-order valence-electron chi connectivity index (χ3n) is 3.40. The van der Waals surface area contributed by atoms with Crippen LogP contribution in [-0.2, 0) is 12.8 Å². The standard InChI is InChI=1S/C14H15ClN2OS/c15-12-5-9-1-3-18-14(9)11(6-12)7-13(17-16)10-2-4-19-8-10/h2,4-6,8,13,17H,1,3,7,16H2. The second-order valence-corrected chi connectivity index (χ2v) is 5.85. The van der Waals surface area contributed by atoms with Gasteiger partial charge in [-0.2, -0.15) is 11.3 Å². The second-order valence-electron chi connectivity index (χ2n) is 4.63. The maximum absolute atomic E-state index is 6.17. The summed E-state index contributed by atoms with van der Waals surface area (Å²) in [6.07, 6.45) is 1.71. The molecule has 1 aromatic heterocycles. The monoisotopic (exact) mass is 294 g/mol. The quantitative estimate of drug-likeness (QED) is 0.673. The van der Waals surface area contributed by atoms with Crippen molar-refractivity contribution in [3.05, 3.63) is 50.7 Å². The molecule has 5 heteroatoms. The van der Waals surface area contributed by atoms with E-state index >= 15 is 0 Å². The predicted molar refractivity (Wildman–Crippen MR) is 78.7 cm³/mol. The van der Waals surface area contributed by atoms with E-state index in [0.29, 0.717) is 0 Å². The van der Waals surface area contributed by atoms with Crippen LogP contribution < -0.4 is 16.0 Å². The van der Waals surface area contributed by atoms with E-state index in [-0.39, 0.29) is 6.04 Å². The van der Waals surface area contributed by atoms with Crippen LogP contribution in [0.1, 0.15) is 22.7 Å². The van der Waals surface area contributed by atoms with Gasteiger partial charge < -0.3 is 4.74 Å². The third-order valence-corrected chi connectivity index (χ3v) is 4.32. The summed E-state index contributed by atoms with van der Waals surface area (Å²) in [5.74, 6) is 6.66. The van der Waals surface area contributed by atoms with Crippen molar-refractivity contribution in [3.8, 4) is 5.75 Å². The number of nitrogens with one attached hydrogen (secondary N) is 1. The number of hydrazine groups is 1. The molecule has 0 bridgehead atoms. The maximum atomic E-state index is 6.17. The number of nitrogens with two attached hydrogens (primary N) is 1. The lowest BCUT2D eigenvalue weighted by Crippen LogP contribution is -2.29. The molecule has 1 unspecified atom stereocenters. The van der Waals surface area contributed by atoms with Crippen LogP contribution in [0.25, 0.3) is 0 Å². The number of ether oxygens (including phenoxy) is 1. The number of hydrogen-bond donors (Lipinski definition) is 2. The molecule has 1 aliphatic rings. The van der Waals surface area contributed by atoms with Gasteiger partial charge in [-0.05, 0) is 52.1 Å². The minimum Gasteiger partial charge on any atom is -0.493 e. The highest BCUT2D eigenvalue weighted by Crippen LogP contribution is 2.35. The number of thiophene rings is 1. The highest BCUT2D eigenvalue weighted by atomic mass is 35.5. The molecule has 0 amide bonds. The normalized spacial score (nSPS) is 15.1. The number of hydrogen-bond acceptors (Lipinski definition) is 4. The summed E-state index contributed by atoms with van der Waals surface area (Å²) in [6.45, 7) is 0.738. The average Bonchev–Trinajstić information content (AvgIpc) is 3.05. The lowest BCUT2D eigenvalue weighted by Gasteiger charge is -2.17. The van der Waals surface area contributed by atoms with Crippen molar-refractivity contribution in [3.63, 3.8) is 0 Å². The van der Waals surface area contributed by atoms with Crippen molar-refractivity contribution in [2.75, 3.05) is 6.61 Å². The second kappa shape index (κ2) is 5.51. The van der Waals surface area contributed by atoms with Gasteiger partial charge in [0.2, 0.25) is 0 Å². The molecule has 2 aromatic rings. The van der Waals surface area contributed by atoms with Crippen LogP contribution in [0.5, 0.6) is 5.75 Å². The maximum Gasteiger partial charge on any atom is 0.125 e. The highest BCUT2D eigenvalue weighted by Gasteiger charge is 2.20. The van der Waals surface area contributed by atoms with E-state index in [9.17, 15) is 0 Å². The molecule has 2 heterocycles. The van der Waals surface area contributed by atoms with E-state index in [2.05, 4.69) is 22.3 Å². The molecule has 19 heavy (non-hydrogen) atoms. The van der Waals surface area contributed by atoms with Crippen LogP contribution in [-0.4, -0.2) is 6.61 Å². The Bertz CT molecular complexity index is 571. The summed E-state index contributed by atoms with van der Waals surface area (Å²) in [5, 5.41) is 4.93. The largest absolute Gasteiger partial charge is 0.493 e. The molecule has 0 radical (unpaired) electrons. The molecule has 1 aliphatic heterocycles. The van der Waals surface area contributed by atoms with Crippen LogP contribution in [0.15, 0.2) is 29.0 Å². The molecule has 0 fully saturated rings. The molecule has 0 saturated heterocycles. The first-order valence-electron chi connectivity index (χ1n) is 6.20. The Balaban J connectivity index is 1.90. The van der Waals surface area contributed by atoms with Crippen LogP contribution in [0.4, 0.5) is 0 Å². The summed E-state index contributed by atoms with van der Waals surface area (Å²) >= 11 is 7.84. The molecule has 0 spiro atoms. The van der Waals surface area contributed by atoms with Gasteiger partial charge in [-0.1, -0.05) is 11.6 Å². The summed E-state index contributed by atoms with van der Waals surface area (Å²) in [4.78, 5) is 0. The number of fused-ring (bicyclic) bond motifs is 1. The Morgan fingerprint density at radius 1 is 1.47 bits per heavy atom. The van der Waals surface area contributed by atoms with Crippen molar-refractivity contribution in [1.82, 2.24) is 5.43 Å². The molecule has 1 atom stereocenters. The summed E-state index contributed by atoms with van der Waals surface area (Å²) < 4.78 is 5.72. The Morgan fingerprint density at radius 3 is 3.11 bits per heavy atom. The smallest absolute Gasteiger partial charge is 0.125 e. The van der Waals surface area contributed by atoms with Crippen LogP contribution in [0.2, 0.25) is 5.02 Å². The Kier molecular flexibility index (Phi) is 3.75. The van der Waals surface area contributed by atoms with Crippen LogP contribution >= 0.6 is 22.9 Å². The molecule has 3 nitrogen and oxygen atoms in total. The topological polar surface area (TPSA) is 47.3 Å². The van der Waals surface area contributed by atoms with Crippen molar-refractivity contribution in [1.29, 1.82) is 0 Å². The van der Waals surface area contributed by atoms with Gasteiger partial charge in [-0.25, -0.2) is 0 Å². The van der Waals surface area contributed by atoms with Gasteiger partial charge in [0, 0.05) is 11.4 Å². The predicted octanol–water partition coefficient (Wildman–Crippen LogP) is 3.08. The van der Waals surface area contributed by atoms with E-state index in [1.165, 1.54) is 11.1 Å². The SMILES string of the molecule is NNC(Cc1cc(Cl)cc2c1OCC2)c1ccsc1. The van der Waals surface area contributed by atoms with E-state index in [1.54, 1.807) is 11.3 Å². The minimum atomic E-state index is 0.0815. The Hall–Kier alpha value is -1.07. The molecule has 3 N–H and O–H groups in total.